The highest BCUT2D eigenvalue weighted by atomic mass is 16.1. The van der Waals surface area contributed by atoms with Crippen molar-refractivity contribution in [2.24, 2.45) is 7.05 Å². The minimum Gasteiger partial charge on any atom is -0.329 e. The number of hydrogen-bond donors (Lipinski definition) is 1. The summed E-state index contributed by atoms with van der Waals surface area (Å²) in [5, 5.41) is 11.8. The third-order valence-corrected chi connectivity index (χ3v) is 4.34. The SMILES string of the molecule is CC(=O)Nc1ccc2nc(-c3nccn3CCc3nncn3C)ccc2c1. The van der Waals surface area contributed by atoms with Crippen LogP contribution in [0, 0.1) is 0 Å². The average molecular weight is 361 g/mol. The van der Waals surface area contributed by atoms with Gasteiger partial charge in [0, 0.05) is 50.4 Å². The van der Waals surface area contributed by atoms with Gasteiger partial charge in [0.2, 0.25) is 5.91 Å². The number of rotatable bonds is 5. The number of imidazole rings is 1. The van der Waals surface area contributed by atoms with Crippen molar-refractivity contribution in [3.05, 3.63) is 54.9 Å². The summed E-state index contributed by atoms with van der Waals surface area (Å²) in [5.41, 5.74) is 2.41. The summed E-state index contributed by atoms with van der Waals surface area (Å²) in [4.78, 5) is 20.4. The first-order valence-electron chi connectivity index (χ1n) is 8.63. The van der Waals surface area contributed by atoms with Gasteiger partial charge in [-0.25, -0.2) is 9.97 Å². The van der Waals surface area contributed by atoms with Gasteiger partial charge in [-0.3, -0.25) is 4.79 Å². The number of aromatic nitrogens is 6. The molecule has 0 spiro atoms. The number of carbonyl (C=O) groups excluding carboxylic acids is 1. The Balaban J connectivity index is 1.60. The molecular weight excluding hydrogens is 342 g/mol. The van der Waals surface area contributed by atoms with Gasteiger partial charge in [-0.1, -0.05) is 6.07 Å². The number of pyridine rings is 1. The number of nitrogens with zero attached hydrogens (tertiary/aromatic N) is 6. The van der Waals surface area contributed by atoms with Crippen molar-refractivity contribution in [1.29, 1.82) is 0 Å². The number of hydrogen-bond acceptors (Lipinski definition) is 5. The summed E-state index contributed by atoms with van der Waals surface area (Å²) in [6.45, 7) is 2.23. The molecule has 3 aromatic heterocycles. The van der Waals surface area contributed by atoms with Gasteiger partial charge in [-0.05, 0) is 24.3 Å². The van der Waals surface area contributed by atoms with E-state index in [0.717, 1.165) is 46.9 Å². The Bertz CT molecular complexity index is 1110. The van der Waals surface area contributed by atoms with Gasteiger partial charge in [0.1, 0.15) is 17.8 Å². The monoisotopic (exact) mass is 361 g/mol. The Morgan fingerprint density at radius 2 is 2.11 bits per heavy atom. The molecule has 4 aromatic rings. The van der Waals surface area contributed by atoms with Gasteiger partial charge in [-0.2, -0.15) is 0 Å². The van der Waals surface area contributed by atoms with Gasteiger partial charge in [0.05, 0.1) is 5.52 Å². The topological polar surface area (TPSA) is 90.5 Å². The van der Waals surface area contributed by atoms with E-state index in [9.17, 15) is 4.79 Å². The molecule has 0 aliphatic heterocycles. The quantitative estimate of drug-likeness (QED) is 0.589. The number of anilines is 1. The molecule has 4 rings (SSSR count). The lowest BCUT2D eigenvalue weighted by Crippen LogP contribution is -2.07. The molecule has 0 saturated heterocycles. The first kappa shape index (κ1) is 16.9. The van der Waals surface area contributed by atoms with E-state index in [0.29, 0.717) is 0 Å². The minimum atomic E-state index is -0.0936. The molecule has 0 unspecified atom stereocenters. The molecule has 0 atom stereocenters. The second-order valence-corrected chi connectivity index (χ2v) is 6.34. The van der Waals surface area contributed by atoms with Crippen LogP contribution in [0.15, 0.2) is 49.1 Å². The van der Waals surface area contributed by atoms with Crippen molar-refractivity contribution in [2.75, 3.05) is 5.32 Å². The van der Waals surface area contributed by atoms with Gasteiger partial charge in [0.25, 0.3) is 0 Å². The normalized spacial score (nSPS) is 11.0. The molecule has 8 heteroatoms. The summed E-state index contributed by atoms with van der Waals surface area (Å²) in [7, 11) is 1.93. The number of amides is 1. The van der Waals surface area contributed by atoms with Crippen LogP contribution in [0.4, 0.5) is 5.69 Å². The average Bonchev–Trinajstić information content (AvgIpc) is 3.27. The molecule has 0 aliphatic rings. The van der Waals surface area contributed by atoms with Crippen molar-refractivity contribution >= 4 is 22.5 Å². The fraction of sp³-hybridized carbons (Fsp3) is 0.211. The van der Waals surface area contributed by atoms with Gasteiger partial charge in [-0.15, -0.1) is 10.2 Å². The molecule has 136 valence electrons. The molecule has 8 nitrogen and oxygen atoms in total. The smallest absolute Gasteiger partial charge is 0.221 e. The maximum absolute atomic E-state index is 11.2. The van der Waals surface area contributed by atoms with Crippen molar-refractivity contribution in [2.45, 2.75) is 19.9 Å². The molecular formula is C19H19N7O. The molecule has 0 aliphatic carbocycles. The second-order valence-electron chi connectivity index (χ2n) is 6.34. The predicted octanol–water partition coefficient (Wildman–Crippen LogP) is 2.43. The third kappa shape index (κ3) is 3.55. The lowest BCUT2D eigenvalue weighted by atomic mass is 10.1. The maximum Gasteiger partial charge on any atom is 0.221 e. The van der Waals surface area contributed by atoms with E-state index in [-0.39, 0.29) is 5.91 Å². The summed E-state index contributed by atoms with van der Waals surface area (Å²) in [6.07, 6.45) is 6.17. The number of fused-ring (bicyclic) bond motifs is 1. The number of carbonyl (C=O) groups is 1. The molecule has 3 heterocycles. The van der Waals surface area contributed by atoms with Crippen LogP contribution in [-0.4, -0.2) is 35.2 Å². The van der Waals surface area contributed by atoms with Crippen molar-refractivity contribution in [1.82, 2.24) is 29.3 Å². The van der Waals surface area contributed by atoms with Crippen LogP contribution < -0.4 is 5.32 Å². The fourth-order valence-corrected chi connectivity index (χ4v) is 3.01. The Labute approximate surface area is 155 Å². The maximum atomic E-state index is 11.2. The van der Waals surface area contributed by atoms with Gasteiger partial charge < -0.3 is 14.5 Å². The molecule has 0 saturated carbocycles. The predicted molar refractivity (Wildman–Crippen MR) is 102 cm³/mol. The van der Waals surface area contributed by atoms with Gasteiger partial charge >= 0.3 is 0 Å². The summed E-state index contributed by atoms with van der Waals surface area (Å²) < 4.78 is 3.98. The Morgan fingerprint density at radius 1 is 1.22 bits per heavy atom. The number of aryl methyl sites for hydroxylation is 3. The van der Waals surface area contributed by atoms with E-state index in [2.05, 4.69) is 25.1 Å². The second kappa shape index (κ2) is 6.99. The zero-order valence-corrected chi connectivity index (χ0v) is 15.1. The number of benzene rings is 1. The Kier molecular flexibility index (Phi) is 4.37. The highest BCUT2D eigenvalue weighted by Crippen LogP contribution is 2.22. The lowest BCUT2D eigenvalue weighted by Gasteiger charge is -2.09. The fourth-order valence-electron chi connectivity index (χ4n) is 3.01. The van der Waals surface area contributed by atoms with Crippen molar-refractivity contribution in [3.63, 3.8) is 0 Å². The van der Waals surface area contributed by atoms with Crippen molar-refractivity contribution < 1.29 is 4.79 Å². The molecule has 1 N–H and O–H groups in total. The minimum absolute atomic E-state index is 0.0936. The van der Waals surface area contributed by atoms with E-state index in [1.54, 1.807) is 12.5 Å². The molecule has 27 heavy (non-hydrogen) atoms. The van der Waals surface area contributed by atoms with Gasteiger partial charge in [0.15, 0.2) is 5.82 Å². The molecule has 0 bridgehead atoms. The van der Waals surface area contributed by atoms with Crippen LogP contribution in [0.1, 0.15) is 12.7 Å². The highest BCUT2D eigenvalue weighted by Gasteiger charge is 2.10. The van der Waals surface area contributed by atoms with Crippen LogP contribution in [-0.2, 0) is 24.8 Å². The van der Waals surface area contributed by atoms with Crippen molar-refractivity contribution in [3.8, 4) is 11.5 Å². The van der Waals surface area contributed by atoms with E-state index in [4.69, 9.17) is 4.98 Å². The first-order chi connectivity index (χ1) is 13.1. The molecule has 1 aromatic carbocycles. The highest BCUT2D eigenvalue weighted by molar-refractivity contribution is 5.92. The standard InChI is InChI=1S/C19H19N7O/c1-13(27)22-15-4-6-16-14(11-15)3-5-17(23-16)19-20-8-10-26(19)9-7-18-24-21-12-25(18)2/h3-6,8,10-12H,7,9H2,1-2H3,(H,22,27). The van der Waals surface area contributed by atoms with Crippen LogP contribution in [0.3, 0.4) is 0 Å². The van der Waals surface area contributed by atoms with Crippen LogP contribution >= 0.6 is 0 Å². The summed E-state index contributed by atoms with van der Waals surface area (Å²) >= 11 is 0. The van der Waals surface area contributed by atoms with Crippen LogP contribution in [0.25, 0.3) is 22.4 Å². The Morgan fingerprint density at radius 3 is 2.89 bits per heavy atom. The lowest BCUT2D eigenvalue weighted by molar-refractivity contribution is -0.114. The van der Waals surface area contributed by atoms with E-state index >= 15 is 0 Å². The summed E-state index contributed by atoms with van der Waals surface area (Å²) in [5.74, 6) is 1.64. The zero-order chi connectivity index (χ0) is 18.8. The van der Waals surface area contributed by atoms with Crippen LogP contribution in [0.5, 0.6) is 0 Å². The first-order valence-corrected chi connectivity index (χ1v) is 8.63. The Hall–Kier alpha value is -3.55. The van der Waals surface area contributed by atoms with E-state index < -0.39 is 0 Å². The number of nitrogens with one attached hydrogen (secondary N) is 1. The molecule has 0 fully saturated rings. The van der Waals surface area contributed by atoms with Crippen LogP contribution in [0.2, 0.25) is 0 Å². The largest absolute Gasteiger partial charge is 0.329 e. The molecule has 1 amide bonds. The molecule has 0 radical (unpaired) electrons. The zero-order valence-electron chi connectivity index (χ0n) is 15.1. The summed E-state index contributed by atoms with van der Waals surface area (Å²) in [6, 6.07) is 9.60. The van der Waals surface area contributed by atoms with E-state index in [1.807, 2.05) is 48.1 Å². The van der Waals surface area contributed by atoms with E-state index in [1.165, 1.54) is 6.92 Å². The third-order valence-electron chi connectivity index (χ3n) is 4.34.